The number of carbonyl (C=O) groups excluding carboxylic acids is 1. The topological polar surface area (TPSA) is 56.1 Å². The van der Waals surface area contributed by atoms with Crippen molar-refractivity contribution in [3.8, 4) is 0 Å². The van der Waals surface area contributed by atoms with E-state index in [4.69, 9.17) is 4.74 Å². The van der Waals surface area contributed by atoms with Crippen molar-refractivity contribution in [2.75, 3.05) is 11.9 Å². The highest BCUT2D eigenvalue weighted by atomic mass is 16.5. The summed E-state index contributed by atoms with van der Waals surface area (Å²) in [7, 11) is 1.87. The van der Waals surface area contributed by atoms with Crippen molar-refractivity contribution in [2.45, 2.75) is 33.2 Å². The van der Waals surface area contributed by atoms with Gasteiger partial charge in [0.1, 0.15) is 0 Å². The van der Waals surface area contributed by atoms with E-state index in [1.807, 2.05) is 27.1 Å². The Hall–Kier alpha value is -1.52. The lowest BCUT2D eigenvalue weighted by Crippen LogP contribution is -2.21. The van der Waals surface area contributed by atoms with E-state index < -0.39 is 0 Å². The highest BCUT2D eigenvalue weighted by molar-refractivity contribution is 5.70. The summed E-state index contributed by atoms with van der Waals surface area (Å²) in [6, 6.07) is 0.0435. The van der Waals surface area contributed by atoms with E-state index in [2.05, 4.69) is 10.4 Å². The maximum Gasteiger partial charge on any atom is 0.307 e. The molecule has 0 radical (unpaired) electrons. The highest BCUT2D eigenvalue weighted by Gasteiger charge is 2.11. The number of rotatable bonds is 5. The third-order valence-corrected chi connectivity index (χ3v) is 2.19. The van der Waals surface area contributed by atoms with Crippen LogP contribution in [0.5, 0.6) is 0 Å². The van der Waals surface area contributed by atoms with E-state index in [1.165, 1.54) is 0 Å². The molecule has 1 unspecified atom stereocenters. The van der Waals surface area contributed by atoms with Crippen LogP contribution in [-0.4, -0.2) is 28.4 Å². The lowest BCUT2D eigenvalue weighted by atomic mass is 10.2. The number of nitrogens with zero attached hydrogens (tertiary/aromatic N) is 2. The molecule has 0 aliphatic rings. The van der Waals surface area contributed by atoms with Crippen LogP contribution in [0.2, 0.25) is 0 Å². The van der Waals surface area contributed by atoms with Crippen LogP contribution in [0, 0.1) is 6.92 Å². The van der Waals surface area contributed by atoms with E-state index in [1.54, 1.807) is 11.6 Å². The summed E-state index contributed by atoms with van der Waals surface area (Å²) in [6.45, 7) is 6.11. The third kappa shape index (κ3) is 3.56. The van der Waals surface area contributed by atoms with Crippen LogP contribution in [0.1, 0.15) is 26.0 Å². The van der Waals surface area contributed by atoms with Crippen LogP contribution in [0.15, 0.2) is 6.20 Å². The number of hydrogen-bond donors (Lipinski definition) is 1. The van der Waals surface area contributed by atoms with Crippen molar-refractivity contribution in [1.29, 1.82) is 0 Å². The molecule has 0 bridgehead atoms. The van der Waals surface area contributed by atoms with Gasteiger partial charge in [-0.2, -0.15) is 5.10 Å². The lowest BCUT2D eigenvalue weighted by Gasteiger charge is -2.13. The first-order chi connectivity index (χ1) is 7.52. The second-order valence-corrected chi connectivity index (χ2v) is 3.86. The fourth-order valence-corrected chi connectivity index (χ4v) is 1.53. The molecule has 0 fully saturated rings. The molecule has 0 aliphatic heterocycles. The number of esters is 1. The Bertz CT molecular complexity index is 360. The molecule has 0 aliphatic carbocycles. The molecule has 5 nitrogen and oxygen atoms in total. The van der Waals surface area contributed by atoms with Crippen molar-refractivity contribution in [1.82, 2.24) is 9.78 Å². The van der Waals surface area contributed by atoms with Crippen molar-refractivity contribution in [3.63, 3.8) is 0 Å². The molecule has 0 saturated carbocycles. The normalized spacial score (nSPS) is 12.2. The molecule has 1 aromatic heterocycles. The molecule has 1 N–H and O–H groups in total. The summed E-state index contributed by atoms with van der Waals surface area (Å²) in [5.74, 6) is -0.177. The Balaban J connectivity index is 2.48. The van der Waals surface area contributed by atoms with Crippen LogP contribution in [0.25, 0.3) is 0 Å². The number of aromatic nitrogens is 2. The number of nitrogens with one attached hydrogen (secondary N) is 1. The number of anilines is 1. The molecule has 5 heteroatoms. The van der Waals surface area contributed by atoms with Gasteiger partial charge in [-0.25, -0.2) is 0 Å². The molecule has 90 valence electrons. The van der Waals surface area contributed by atoms with Crippen LogP contribution in [-0.2, 0) is 16.6 Å². The minimum absolute atomic E-state index is 0.0435. The minimum atomic E-state index is -0.177. The van der Waals surface area contributed by atoms with Gasteiger partial charge >= 0.3 is 5.97 Å². The van der Waals surface area contributed by atoms with E-state index in [-0.39, 0.29) is 12.0 Å². The third-order valence-electron chi connectivity index (χ3n) is 2.19. The summed E-state index contributed by atoms with van der Waals surface area (Å²) < 4.78 is 6.63. The predicted octanol–water partition coefficient (Wildman–Crippen LogP) is 1.48. The average molecular weight is 225 g/mol. The molecule has 1 atom stereocenters. The number of hydrogen-bond acceptors (Lipinski definition) is 4. The predicted molar refractivity (Wildman–Crippen MR) is 62.3 cm³/mol. The standard InChI is InChI=1S/C11H19N3O2/c1-5-16-11(15)6-8(2)12-10-7-14(4)13-9(10)3/h7-8,12H,5-6H2,1-4H3. The van der Waals surface area contributed by atoms with Crippen LogP contribution >= 0.6 is 0 Å². The smallest absolute Gasteiger partial charge is 0.307 e. The number of aryl methyl sites for hydroxylation is 2. The van der Waals surface area contributed by atoms with Gasteiger partial charge in [0, 0.05) is 19.3 Å². The van der Waals surface area contributed by atoms with Gasteiger partial charge in [0.25, 0.3) is 0 Å². The molecule has 0 amide bonds. The summed E-state index contributed by atoms with van der Waals surface area (Å²) in [5, 5.41) is 7.45. The van der Waals surface area contributed by atoms with E-state index in [0.717, 1.165) is 11.4 Å². The first kappa shape index (κ1) is 12.5. The van der Waals surface area contributed by atoms with Gasteiger partial charge in [0.05, 0.1) is 24.4 Å². The van der Waals surface area contributed by atoms with Crippen LogP contribution in [0.3, 0.4) is 0 Å². The molecule has 0 aromatic carbocycles. The lowest BCUT2D eigenvalue weighted by molar-refractivity contribution is -0.143. The second kappa shape index (κ2) is 5.53. The van der Waals surface area contributed by atoms with Gasteiger partial charge in [-0.3, -0.25) is 9.48 Å². The van der Waals surface area contributed by atoms with Crippen LogP contribution < -0.4 is 5.32 Å². The van der Waals surface area contributed by atoms with Gasteiger partial charge in [0.2, 0.25) is 0 Å². The largest absolute Gasteiger partial charge is 0.466 e. The maximum atomic E-state index is 11.3. The summed E-state index contributed by atoms with van der Waals surface area (Å²) in [5.41, 5.74) is 1.89. The fraction of sp³-hybridized carbons (Fsp3) is 0.636. The monoisotopic (exact) mass is 225 g/mol. The van der Waals surface area contributed by atoms with Crippen LogP contribution in [0.4, 0.5) is 5.69 Å². The second-order valence-electron chi connectivity index (χ2n) is 3.86. The van der Waals surface area contributed by atoms with Gasteiger partial charge < -0.3 is 10.1 Å². The zero-order chi connectivity index (χ0) is 12.1. The minimum Gasteiger partial charge on any atom is -0.466 e. The molecule has 16 heavy (non-hydrogen) atoms. The average Bonchev–Trinajstić information content (AvgIpc) is 2.44. The summed E-state index contributed by atoms with van der Waals surface area (Å²) in [4.78, 5) is 11.3. The Morgan fingerprint density at radius 3 is 2.88 bits per heavy atom. The van der Waals surface area contributed by atoms with Gasteiger partial charge in [-0.05, 0) is 20.8 Å². The SMILES string of the molecule is CCOC(=O)CC(C)Nc1cn(C)nc1C. The Kier molecular flexibility index (Phi) is 4.34. The Morgan fingerprint density at radius 1 is 1.69 bits per heavy atom. The van der Waals surface area contributed by atoms with Gasteiger partial charge in [-0.1, -0.05) is 0 Å². The molecule has 0 saturated heterocycles. The summed E-state index contributed by atoms with van der Waals surface area (Å²) in [6.07, 6.45) is 2.26. The molecular formula is C11H19N3O2. The van der Waals surface area contributed by atoms with Crippen molar-refractivity contribution < 1.29 is 9.53 Å². The van der Waals surface area contributed by atoms with Gasteiger partial charge in [0.15, 0.2) is 0 Å². The van der Waals surface area contributed by atoms with Crippen molar-refractivity contribution in [3.05, 3.63) is 11.9 Å². The van der Waals surface area contributed by atoms with Gasteiger partial charge in [-0.15, -0.1) is 0 Å². The number of carbonyl (C=O) groups is 1. The molecule has 1 aromatic rings. The summed E-state index contributed by atoms with van der Waals surface area (Å²) >= 11 is 0. The molecular weight excluding hydrogens is 206 g/mol. The van der Waals surface area contributed by atoms with Crippen molar-refractivity contribution in [2.24, 2.45) is 7.05 Å². The fourth-order valence-electron chi connectivity index (χ4n) is 1.53. The highest BCUT2D eigenvalue weighted by Crippen LogP contribution is 2.13. The zero-order valence-electron chi connectivity index (χ0n) is 10.3. The Morgan fingerprint density at radius 2 is 2.38 bits per heavy atom. The molecule has 1 rings (SSSR count). The Labute approximate surface area is 95.8 Å². The van der Waals surface area contributed by atoms with E-state index >= 15 is 0 Å². The maximum absolute atomic E-state index is 11.3. The first-order valence-electron chi connectivity index (χ1n) is 5.45. The van der Waals surface area contributed by atoms with Crippen molar-refractivity contribution >= 4 is 11.7 Å². The first-order valence-corrected chi connectivity index (χ1v) is 5.45. The zero-order valence-corrected chi connectivity index (χ0v) is 10.3. The number of ether oxygens (including phenoxy) is 1. The van der Waals surface area contributed by atoms with E-state index in [9.17, 15) is 4.79 Å². The molecule has 1 heterocycles. The van der Waals surface area contributed by atoms with E-state index in [0.29, 0.717) is 13.0 Å². The molecule has 0 spiro atoms. The quantitative estimate of drug-likeness (QED) is 0.771.